The van der Waals surface area contributed by atoms with Crippen LogP contribution in [0.5, 0.6) is 0 Å². The highest BCUT2D eigenvalue weighted by Crippen LogP contribution is 2.40. The van der Waals surface area contributed by atoms with Crippen molar-refractivity contribution in [2.45, 2.75) is 52.0 Å². The average Bonchev–Trinajstić information content (AvgIpc) is 3.00. The van der Waals surface area contributed by atoms with Gasteiger partial charge in [0.1, 0.15) is 16.2 Å². The summed E-state index contributed by atoms with van der Waals surface area (Å²) >= 11 is 3.31. The van der Waals surface area contributed by atoms with Crippen molar-refractivity contribution in [2.24, 2.45) is 5.92 Å². The molecule has 0 saturated heterocycles. The van der Waals surface area contributed by atoms with Crippen LogP contribution < -0.4 is 5.32 Å². The van der Waals surface area contributed by atoms with Gasteiger partial charge in [-0.3, -0.25) is 4.79 Å². The van der Waals surface area contributed by atoms with Crippen molar-refractivity contribution in [1.82, 2.24) is 9.97 Å². The summed E-state index contributed by atoms with van der Waals surface area (Å²) in [6.45, 7) is 8.46. The Hall–Kier alpha value is -1.92. The first-order chi connectivity index (χ1) is 13.4. The smallest absolute Gasteiger partial charge is 0.234 e. The molecular weight excluding hydrogens is 386 g/mol. The summed E-state index contributed by atoms with van der Waals surface area (Å²) in [6.07, 6.45) is 5.06. The number of anilines is 1. The predicted octanol–water partition coefficient (Wildman–Crippen LogP) is 5.47. The number of nitrogens with zero attached hydrogens (tertiary/aromatic N) is 2. The van der Waals surface area contributed by atoms with Crippen LogP contribution in [0.15, 0.2) is 23.5 Å². The minimum Gasteiger partial charge on any atom is -0.325 e. The number of rotatable bonds is 4. The van der Waals surface area contributed by atoms with Gasteiger partial charge in [0.15, 0.2) is 0 Å². The standard InChI is InChI=1S/C22H25N3OS2/c1-12-5-6-16-17(9-12)28-22-19(16)21(23-11-24-22)27-10-18(26)25-20-14(3)7-13(2)8-15(20)4/h7-8,11-12H,5-6,9-10H2,1-4H3,(H,25,26)/t12-/m1/s1. The zero-order chi connectivity index (χ0) is 19.8. The highest BCUT2D eigenvalue weighted by atomic mass is 32.2. The van der Waals surface area contributed by atoms with Gasteiger partial charge in [-0.2, -0.15) is 0 Å². The molecule has 6 heteroatoms. The van der Waals surface area contributed by atoms with E-state index < -0.39 is 0 Å². The van der Waals surface area contributed by atoms with Gasteiger partial charge in [-0.1, -0.05) is 36.4 Å². The predicted molar refractivity (Wildman–Crippen MR) is 119 cm³/mol. The molecule has 0 radical (unpaired) electrons. The molecule has 0 unspecified atom stereocenters. The molecule has 1 amide bonds. The Morgan fingerprint density at radius 2 is 2.00 bits per heavy atom. The molecule has 0 fully saturated rings. The molecule has 1 N–H and O–H groups in total. The van der Waals surface area contributed by atoms with Crippen LogP contribution in [-0.2, 0) is 17.6 Å². The number of benzene rings is 1. The number of aromatic nitrogens is 2. The fraction of sp³-hybridized carbons (Fsp3) is 0.409. The SMILES string of the molecule is Cc1cc(C)c(NC(=O)CSc2ncnc3sc4c(c23)CC[C@@H](C)C4)c(C)c1. The first kappa shape index (κ1) is 19.4. The van der Waals surface area contributed by atoms with E-state index in [1.165, 1.54) is 39.6 Å². The molecule has 4 rings (SSSR count). The normalized spacial score (nSPS) is 16.2. The van der Waals surface area contributed by atoms with Gasteiger partial charge in [0.05, 0.1) is 5.75 Å². The van der Waals surface area contributed by atoms with E-state index in [1.54, 1.807) is 17.7 Å². The molecule has 1 atom stereocenters. The maximum Gasteiger partial charge on any atom is 0.234 e. The number of thiophene rings is 1. The quantitative estimate of drug-likeness (QED) is 0.457. The molecule has 0 bridgehead atoms. The Morgan fingerprint density at radius 1 is 1.25 bits per heavy atom. The van der Waals surface area contributed by atoms with Crippen LogP contribution in [0.25, 0.3) is 10.2 Å². The lowest BCUT2D eigenvalue weighted by Gasteiger charge is -2.18. The number of carbonyl (C=O) groups excluding carboxylic acids is 1. The fourth-order valence-electron chi connectivity index (χ4n) is 4.04. The number of carbonyl (C=O) groups is 1. The summed E-state index contributed by atoms with van der Waals surface area (Å²) in [4.78, 5) is 24.1. The van der Waals surface area contributed by atoms with Gasteiger partial charge >= 0.3 is 0 Å². The molecule has 1 aliphatic carbocycles. The van der Waals surface area contributed by atoms with E-state index in [0.29, 0.717) is 5.75 Å². The zero-order valence-electron chi connectivity index (χ0n) is 16.8. The van der Waals surface area contributed by atoms with E-state index in [1.807, 2.05) is 13.8 Å². The molecule has 0 saturated carbocycles. The van der Waals surface area contributed by atoms with Crippen LogP contribution in [0.4, 0.5) is 5.69 Å². The van der Waals surface area contributed by atoms with Gasteiger partial charge in [-0.25, -0.2) is 9.97 Å². The molecule has 146 valence electrons. The lowest BCUT2D eigenvalue weighted by molar-refractivity contribution is -0.113. The summed E-state index contributed by atoms with van der Waals surface area (Å²) in [5.74, 6) is 1.08. The van der Waals surface area contributed by atoms with Crippen molar-refractivity contribution < 1.29 is 4.79 Å². The third-order valence-corrected chi connectivity index (χ3v) is 7.49. The number of nitrogens with one attached hydrogen (secondary N) is 1. The summed E-state index contributed by atoms with van der Waals surface area (Å²) in [6, 6.07) is 4.20. The average molecular weight is 412 g/mol. The van der Waals surface area contributed by atoms with E-state index in [-0.39, 0.29) is 5.91 Å². The van der Waals surface area contributed by atoms with Gasteiger partial charge in [0.2, 0.25) is 5.91 Å². The zero-order valence-corrected chi connectivity index (χ0v) is 18.4. The number of fused-ring (bicyclic) bond motifs is 3. The molecular formula is C22H25N3OS2. The Morgan fingerprint density at radius 3 is 2.75 bits per heavy atom. The molecule has 0 aliphatic heterocycles. The molecule has 1 aliphatic rings. The van der Waals surface area contributed by atoms with Crippen molar-refractivity contribution in [1.29, 1.82) is 0 Å². The van der Waals surface area contributed by atoms with Crippen molar-refractivity contribution in [3.05, 3.63) is 45.6 Å². The third-order valence-electron chi connectivity index (χ3n) is 5.34. The van der Waals surface area contributed by atoms with Crippen LogP contribution in [0.2, 0.25) is 0 Å². The van der Waals surface area contributed by atoms with E-state index in [2.05, 4.69) is 41.3 Å². The lowest BCUT2D eigenvalue weighted by atomic mass is 9.89. The van der Waals surface area contributed by atoms with Crippen molar-refractivity contribution in [3.8, 4) is 0 Å². The second-order valence-electron chi connectivity index (χ2n) is 7.82. The fourth-order valence-corrected chi connectivity index (χ4v) is 6.28. The number of hydrogen-bond acceptors (Lipinski definition) is 5. The van der Waals surface area contributed by atoms with Gasteiger partial charge in [-0.15, -0.1) is 11.3 Å². The Kier molecular flexibility index (Phi) is 5.43. The van der Waals surface area contributed by atoms with Crippen molar-refractivity contribution in [3.63, 3.8) is 0 Å². The molecule has 4 nitrogen and oxygen atoms in total. The number of hydrogen-bond donors (Lipinski definition) is 1. The number of aryl methyl sites for hydroxylation is 4. The molecule has 0 spiro atoms. The second kappa shape index (κ2) is 7.84. The minimum atomic E-state index is 0.00420. The highest BCUT2D eigenvalue weighted by Gasteiger charge is 2.23. The number of amides is 1. The Bertz CT molecular complexity index is 1030. The van der Waals surface area contributed by atoms with E-state index in [9.17, 15) is 4.79 Å². The molecule has 3 aromatic rings. The van der Waals surface area contributed by atoms with Gasteiger partial charge < -0.3 is 5.32 Å². The topological polar surface area (TPSA) is 54.9 Å². The summed E-state index contributed by atoms with van der Waals surface area (Å²) in [7, 11) is 0. The summed E-state index contributed by atoms with van der Waals surface area (Å²) < 4.78 is 0. The van der Waals surface area contributed by atoms with Crippen molar-refractivity contribution >= 4 is 44.9 Å². The largest absolute Gasteiger partial charge is 0.325 e. The third kappa shape index (κ3) is 3.80. The second-order valence-corrected chi connectivity index (χ2v) is 9.87. The maximum atomic E-state index is 12.6. The molecule has 1 aromatic carbocycles. The van der Waals surface area contributed by atoms with Crippen LogP contribution in [-0.4, -0.2) is 21.6 Å². The highest BCUT2D eigenvalue weighted by molar-refractivity contribution is 8.00. The van der Waals surface area contributed by atoms with Crippen LogP contribution in [0.3, 0.4) is 0 Å². The first-order valence-corrected chi connectivity index (χ1v) is 11.5. The summed E-state index contributed by atoms with van der Waals surface area (Å²) in [5.41, 5.74) is 5.74. The van der Waals surface area contributed by atoms with Crippen molar-refractivity contribution in [2.75, 3.05) is 11.1 Å². The van der Waals surface area contributed by atoms with E-state index in [4.69, 9.17) is 0 Å². The summed E-state index contributed by atoms with van der Waals surface area (Å²) in [5, 5.41) is 5.20. The maximum absolute atomic E-state index is 12.6. The first-order valence-electron chi connectivity index (χ1n) is 9.68. The number of thioether (sulfide) groups is 1. The molecule has 2 heterocycles. The minimum absolute atomic E-state index is 0.00420. The van der Waals surface area contributed by atoms with Crippen LogP contribution in [0.1, 0.15) is 40.5 Å². The van der Waals surface area contributed by atoms with E-state index >= 15 is 0 Å². The molecule has 28 heavy (non-hydrogen) atoms. The van der Waals surface area contributed by atoms with Crippen LogP contribution >= 0.6 is 23.1 Å². The molecule has 2 aromatic heterocycles. The monoisotopic (exact) mass is 411 g/mol. The Labute approximate surface area is 174 Å². The van der Waals surface area contributed by atoms with E-state index in [0.717, 1.165) is 45.4 Å². The van der Waals surface area contributed by atoms with Gasteiger partial charge in [0.25, 0.3) is 0 Å². The van der Waals surface area contributed by atoms with Crippen LogP contribution in [0, 0.1) is 26.7 Å². The van der Waals surface area contributed by atoms with Gasteiger partial charge in [-0.05, 0) is 62.6 Å². The van der Waals surface area contributed by atoms with Gasteiger partial charge in [0, 0.05) is 16.0 Å². The Balaban J connectivity index is 1.52. The lowest BCUT2D eigenvalue weighted by Crippen LogP contribution is -2.16.